The van der Waals surface area contributed by atoms with E-state index in [2.05, 4.69) is 6.07 Å². The molecule has 2 aromatic rings. The fourth-order valence-electron chi connectivity index (χ4n) is 2.03. The van der Waals surface area contributed by atoms with Gasteiger partial charge in [0.1, 0.15) is 11.9 Å². The first-order valence-electron chi connectivity index (χ1n) is 5.98. The van der Waals surface area contributed by atoms with Gasteiger partial charge < -0.3 is 9.84 Å². The van der Waals surface area contributed by atoms with Crippen LogP contribution in [0.5, 0.6) is 5.75 Å². The van der Waals surface area contributed by atoms with E-state index in [9.17, 15) is 5.11 Å². The minimum absolute atomic E-state index is 0.531. The number of nitrogens with zero attached hydrogens (tertiary/aromatic N) is 1. The summed E-state index contributed by atoms with van der Waals surface area (Å²) in [5, 5.41) is 19.4. The van der Waals surface area contributed by atoms with Gasteiger partial charge >= 0.3 is 0 Å². The number of benzene rings is 2. The Balaban J connectivity index is 2.46. The molecule has 0 saturated carbocycles. The van der Waals surface area contributed by atoms with E-state index >= 15 is 0 Å². The molecule has 3 nitrogen and oxygen atoms in total. The summed E-state index contributed by atoms with van der Waals surface area (Å²) in [5.74, 6) is 0.639. The molecule has 3 heteroatoms. The maximum absolute atomic E-state index is 10.5. The van der Waals surface area contributed by atoms with Crippen LogP contribution in [0.3, 0.4) is 0 Å². The number of methoxy groups -OCH3 is 1. The van der Waals surface area contributed by atoms with Crippen molar-refractivity contribution in [1.29, 1.82) is 5.26 Å². The smallest absolute Gasteiger partial charge is 0.125 e. The second kappa shape index (κ2) is 5.55. The Kier molecular flexibility index (Phi) is 3.84. The quantitative estimate of drug-likeness (QED) is 0.915. The first-order chi connectivity index (χ1) is 9.15. The topological polar surface area (TPSA) is 53.2 Å². The molecule has 19 heavy (non-hydrogen) atoms. The normalized spacial score (nSPS) is 11.7. The summed E-state index contributed by atoms with van der Waals surface area (Å²) >= 11 is 0. The maximum atomic E-state index is 10.5. The molecule has 0 heterocycles. The van der Waals surface area contributed by atoms with E-state index in [1.165, 1.54) is 0 Å². The van der Waals surface area contributed by atoms with Gasteiger partial charge in [-0.2, -0.15) is 5.26 Å². The summed E-state index contributed by atoms with van der Waals surface area (Å²) in [7, 11) is 1.58. The minimum atomic E-state index is -0.803. The fourth-order valence-corrected chi connectivity index (χ4v) is 2.03. The van der Waals surface area contributed by atoms with E-state index < -0.39 is 6.10 Å². The third-order valence-electron chi connectivity index (χ3n) is 3.01. The first-order valence-corrected chi connectivity index (χ1v) is 5.98. The molecule has 2 aromatic carbocycles. The molecule has 0 aliphatic rings. The Morgan fingerprint density at radius 1 is 1.21 bits per heavy atom. The van der Waals surface area contributed by atoms with Crippen molar-refractivity contribution in [3.05, 3.63) is 64.7 Å². The third-order valence-corrected chi connectivity index (χ3v) is 3.01. The second-order valence-electron chi connectivity index (χ2n) is 4.39. The number of ether oxygens (including phenoxy) is 1. The van der Waals surface area contributed by atoms with Gasteiger partial charge in [0.05, 0.1) is 18.7 Å². The first kappa shape index (κ1) is 13.1. The third kappa shape index (κ3) is 2.75. The molecule has 0 aliphatic heterocycles. The summed E-state index contributed by atoms with van der Waals surface area (Å²) < 4.78 is 5.27. The lowest BCUT2D eigenvalue weighted by Gasteiger charge is -2.16. The largest absolute Gasteiger partial charge is 0.496 e. The summed E-state index contributed by atoms with van der Waals surface area (Å²) in [6, 6.07) is 14.7. The zero-order valence-electron chi connectivity index (χ0n) is 10.9. The Labute approximate surface area is 112 Å². The summed E-state index contributed by atoms with van der Waals surface area (Å²) in [6.07, 6.45) is -0.803. The summed E-state index contributed by atoms with van der Waals surface area (Å²) in [4.78, 5) is 0. The molecule has 1 unspecified atom stereocenters. The van der Waals surface area contributed by atoms with Gasteiger partial charge in [-0.15, -0.1) is 0 Å². The molecule has 1 N–H and O–H groups in total. The van der Waals surface area contributed by atoms with E-state index in [-0.39, 0.29) is 0 Å². The van der Waals surface area contributed by atoms with Crippen LogP contribution in [0.25, 0.3) is 0 Å². The highest BCUT2D eigenvalue weighted by molar-refractivity contribution is 5.44. The van der Waals surface area contributed by atoms with Crippen LogP contribution in [0, 0.1) is 18.3 Å². The molecule has 0 amide bonds. The van der Waals surface area contributed by atoms with Crippen LogP contribution in [0.2, 0.25) is 0 Å². The lowest BCUT2D eigenvalue weighted by Crippen LogP contribution is -2.03. The fraction of sp³-hybridized carbons (Fsp3) is 0.188. The summed E-state index contributed by atoms with van der Waals surface area (Å²) in [6.45, 7) is 1.96. The van der Waals surface area contributed by atoms with Gasteiger partial charge in [0, 0.05) is 5.56 Å². The Bertz CT molecular complexity index is 629. The lowest BCUT2D eigenvalue weighted by atomic mass is 9.98. The van der Waals surface area contributed by atoms with Crippen molar-refractivity contribution in [3.8, 4) is 11.8 Å². The lowest BCUT2D eigenvalue weighted by molar-refractivity contribution is 0.214. The van der Waals surface area contributed by atoms with Gasteiger partial charge in [0.2, 0.25) is 0 Å². The Morgan fingerprint density at radius 2 is 2.00 bits per heavy atom. The molecule has 2 rings (SSSR count). The van der Waals surface area contributed by atoms with Crippen molar-refractivity contribution in [3.63, 3.8) is 0 Å². The molecule has 0 saturated heterocycles. The predicted octanol–water partition coefficient (Wildman–Crippen LogP) is 2.96. The van der Waals surface area contributed by atoms with Crippen LogP contribution < -0.4 is 4.74 Å². The van der Waals surface area contributed by atoms with Crippen LogP contribution in [-0.4, -0.2) is 12.2 Å². The molecule has 0 fully saturated rings. The van der Waals surface area contributed by atoms with Gasteiger partial charge in [0.15, 0.2) is 0 Å². The highest BCUT2D eigenvalue weighted by Gasteiger charge is 2.15. The van der Waals surface area contributed by atoms with E-state index in [4.69, 9.17) is 10.00 Å². The van der Waals surface area contributed by atoms with Crippen molar-refractivity contribution < 1.29 is 9.84 Å². The van der Waals surface area contributed by atoms with E-state index in [0.717, 1.165) is 5.56 Å². The van der Waals surface area contributed by atoms with Crippen LogP contribution in [0.1, 0.15) is 28.4 Å². The van der Waals surface area contributed by atoms with E-state index in [0.29, 0.717) is 22.4 Å². The number of aliphatic hydroxyl groups excluding tert-OH is 1. The summed E-state index contributed by atoms with van der Waals surface area (Å²) in [5.41, 5.74) is 2.97. The molecule has 1 atom stereocenters. The number of aryl methyl sites for hydroxylation is 1. The van der Waals surface area contributed by atoms with Crippen LogP contribution >= 0.6 is 0 Å². The van der Waals surface area contributed by atoms with Gasteiger partial charge in [-0.3, -0.25) is 0 Å². The van der Waals surface area contributed by atoms with Gasteiger partial charge in [-0.25, -0.2) is 0 Å². The van der Waals surface area contributed by atoms with Crippen LogP contribution in [0.4, 0.5) is 0 Å². The molecule has 0 bridgehead atoms. The number of hydrogen-bond acceptors (Lipinski definition) is 3. The number of rotatable bonds is 3. The number of hydrogen-bond donors (Lipinski definition) is 1. The number of aliphatic hydroxyl groups is 1. The van der Waals surface area contributed by atoms with Crippen molar-refractivity contribution >= 4 is 0 Å². The van der Waals surface area contributed by atoms with Crippen LogP contribution in [-0.2, 0) is 0 Å². The molecular formula is C16H15NO2. The second-order valence-corrected chi connectivity index (χ2v) is 4.39. The molecular weight excluding hydrogens is 238 g/mol. The molecule has 0 radical (unpaired) electrons. The highest BCUT2D eigenvalue weighted by atomic mass is 16.5. The molecule has 0 spiro atoms. The zero-order chi connectivity index (χ0) is 13.8. The van der Waals surface area contributed by atoms with Crippen molar-refractivity contribution in [2.24, 2.45) is 0 Å². The molecule has 0 aromatic heterocycles. The van der Waals surface area contributed by atoms with Crippen molar-refractivity contribution in [2.75, 3.05) is 7.11 Å². The van der Waals surface area contributed by atoms with Gasteiger partial charge in [-0.1, -0.05) is 23.8 Å². The van der Waals surface area contributed by atoms with Crippen molar-refractivity contribution in [2.45, 2.75) is 13.0 Å². The maximum Gasteiger partial charge on any atom is 0.125 e. The molecule has 96 valence electrons. The average Bonchev–Trinajstić information content (AvgIpc) is 2.46. The molecule has 0 aliphatic carbocycles. The van der Waals surface area contributed by atoms with E-state index in [1.807, 2.05) is 25.1 Å². The Hall–Kier alpha value is -2.31. The number of nitriles is 1. The van der Waals surface area contributed by atoms with Crippen molar-refractivity contribution in [1.82, 2.24) is 0 Å². The average molecular weight is 253 g/mol. The van der Waals surface area contributed by atoms with E-state index in [1.54, 1.807) is 31.4 Å². The predicted molar refractivity (Wildman–Crippen MR) is 72.9 cm³/mol. The zero-order valence-corrected chi connectivity index (χ0v) is 10.9. The minimum Gasteiger partial charge on any atom is -0.496 e. The Morgan fingerprint density at radius 3 is 2.68 bits per heavy atom. The van der Waals surface area contributed by atoms with Gasteiger partial charge in [0.25, 0.3) is 0 Å². The highest BCUT2D eigenvalue weighted by Crippen LogP contribution is 2.31. The van der Waals surface area contributed by atoms with Crippen LogP contribution in [0.15, 0.2) is 42.5 Å². The SMILES string of the molecule is COc1ccc(C)cc1C(O)c1cccc(C#N)c1. The standard InChI is InChI=1S/C16H15NO2/c1-11-6-7-15(19-2)14(8-11)16(18)13-5-3-4-12(9-13)10-17/h3-9,16,18H,1-2H3. The van der Waals surface area contributed by atoms with Gasteiger partial charge in [-0.05, 0) is 36.8 Å². The monoisotopic (exact) mass is 253 g/mol.